The Balaban J connectivity index is 1.29. The molecule has 0 saturated heterocycles. The molecule has 3 aromatic heterocycles. The Hall–Kier alpha value is -2.35. The van der Waals surface area contributed by atoms with Gasteiger partial charge in [0.1, 0.15) is 11.3 Å². The maximum absolute atomic E-state index is 6.25. The van der Waals surface area contributed by atoms with Crippen LogP contribution in [0.3, 0.4) is 0 Å². The molecule has 0 bridgehead atoms. The lowest BCUT2D eigenvalue weighted by molar-refractivity contribution is 0.380. The Kier molecular flexibility index (Phi) is 4.55. The number of pyridine rings is 1. The summed E-state index contributed by atoms with van der Waals surface area (Å²) in [6.07, 6.45) is 6.26. The third-order valence-corrected chi connectivity index (χ3v) is 7.42. The average Bonchev–Trinajstić information content (AvgIpc) is 3.34. The van der Waals surface area contributed by atoms with Gasteiger partial charge in [-0.3, -0.25) is 9.55 Å². The zero-order chi connectivity index (χ0) is 20.1. The lowest BCUT2D eigenvalue weighted by Gasteiger charge is -2.27. The predicted octanol–water partition coefficient (Wildman–Crippen LogP) is 4.97. The summed E-state index contributed by atoms with van der Waals surface area (Å²) in [5.74, 6) is 2.94. The molecule has 0 atom stereocenters. The highest BCUT2D eigenvalue weighted by Crippen LogP contribution is 2.42. The van der Waals surface area contributed by atoms with Crippen LogP contribution in [-0.4, -0.2) is 24.1 Å². The van der Waals surface area contributed by atoms with E-state index in [4.69, 9.17) is 16.0 Å². The number of nitrogens with one attached hydrogen (secondary N) is 1. The van der Waals surface area contributed by atoms with Crippen molar-refractivity contribution in [3.05, 3.63) is 64.5 Å². The van der Waals surface area contributed by atoms with E-state index in [-0.39, 0.29) is 0 Å². The predicted molar refractivity (Wildman–Crippen MR) is 118 cm³/mol. The Bertz CT molecular complexity index is 1220. The summed E-state index contributed by atoms with van der Waals surface area (Å²) in [6.45, 7) is 1.50. The molecule has 2 aliphatic rings. The number of nitrogens with zero attached hydrogens (tertiary/aromatic N) is 5. The van der Waals surface area contributed by atoms with Crippen molar-refractivity contribution in [2.24, 2.45) is 0 Å². The second kappa shape index (κ2) is 7.41. The van der Waals surface area contributed by atoms with Crippen LogP contribution in [0, 0.1) is 0 Å². The highest BCUT2D eigenvalue weighted by Gasteiger charge is 2.31. The summed E-state index contributed by atoms with van der Waals surface area (Å²) in [5, 5.41) is 13.4. The molecular weight excluding hydrogens is 416 g/mol. The van der Waals surface area contributed by atoms with E-state index in [2.05, 4.69) is 37.2 Å². The Morgan fingerprint density at radius 1 is 1.03 bits per heavy atom. The lowest BCUT2D eigenvalue weighted by Crippen LogP contribution is -2.17. The van der Waals surface area contributed by atoms with Crippen molar-refractivity contribution >= 4 is 33.4 Å². The maximum atomic E-state index is 6.25. The molecule has 6 nitrogen and oxygen atoms in total. The third kappa shape index (κ3) is 3.04. The Morgan fingerprint density at radius 2 is 1.90 bits per heavy atom. The van der Waals surface area contributed by atoms with Crippen molar-refractivity contribution in [1.29, 1.82) is 0 Å². The first-order valence-electron chi connectivity index (χ1n) is 10.4. The van der Waals surface area contributed by atoms with Crippen molar-refractivity contribution in [2.75, 3.05) is 0 Å². The number of hydrogen-bond acceptors (Lipinski definition) is 6. The molecule has 1 aliphatic heterocycles. The summed E-state index contributed by atoms with van der Waals surface area (Å²) in [4.78, 5) is 4.59. The molecule has 152 valence electrons. The number of aromatic nitrogens is 5. The van der Waals surface area contributed by atoms with Crippen LogP contribution in [0.15, 0.2) is 36.5 Å². The van der Waals surface area contributed by atoms with Crippen LogP contribution in [0.2, 0.25) is 5.02 Å². The van der Waals surface area contributed by atoms with E-state index in [0.29, 0.717) is 18.4 Å². The van der Waals surface area contributed by atoms with Crippen LogP contribution in [0.1, 0.15) is 60.4 Å². The number of rotatable bonds is 2. The molecule has 4 heterocycles. The van der Waals surface area contributed by atoms with Crippen LogP contribution in [0.25, 0.3) is 15.9 Å². The third-order valence-electron chi connectivity index (χ3n) is 6.37. The van der Waals surface area contributed by atoms with E-state index in [9.17, 15) is 0 Å². The minimum atomic E-state index is 0.405. The molecule has 8 heteroatoms. The van der Waals surface area contributed by atoms with Gasteiger partial charge in [0, 0.05) is 29.6 Å². The van der Waals surface area contributed by atoms with Crippen molar-refractivity contribution in [2.45, 2.75) is 50.6 Å². The van der Waals surface area contributed by atoms with Crippen LogP contribution >= 0.6 is 23.1 Å². The first-order valence-corrected chi connectivity index (χ1v) is 11.6. The van der Waals surface area contributed by atoms with Gasteiger partial charge in [0.25, 0.3) is 0 Å². The van der Waals surface area contributed by atoms with Gasteiger partial charge in [-0.25, -0.2) is 0 Å². The van der Waals surface area contributed by atoms with Gasteiger partial charge in [-0.2, -0.15) is 4.37 Å². The zero-order valence-corrected chi connectivity index (χ0v) is 18.0. The molecule has 1 aliphatic carbocycles. The molecule has 30 heavy (non-hydrogen) atoms. The molecule has 0 unspecified atom stereocenters. The van der Waals surface area contributed by atoms with E-state index >= 15 is 0 Å². The van der Waals surface area contributed by atoms with E-state index < -0.39 is 0 Å². The summed E-state index contributed by atoms with van der Waals surface area (Å²) >= 11 is 7.81. The fourth-order valence-corrected chi connectivity index (χ4v) is 5.90. The second-order valence-electron chi connectivity index (χ2n) is 8.15. The van der Waals surface area contributed by atoms with Crippen molar-refractivity contribution in [3.8, 4) is 5.69 Å². The van der Waals surface area contributed by atoms with Crippen LogP contribution < -0.4 is 5.32 Å². The van der Waals surface area contributed by atoms with Gasteiger partial charge in [-0.1, -0.05) is 11.6 Å². The maximum Gasteiger partial charge on any atom is 0.151 e. The quantitative estimate of drug-likeness (QED) is 0.480. The van der Waals surface area contributed by atoms with E-state index in [0.717, 1.165) is 60.1 Å². The Morgan fingerprint density at radius 3 is 2.80 bits per heavy atom. The number of fused-ring (bicyclic) bond motifs is 4. The van der Waals surface area contributed by atoms with E-state index in [1.54, 1.807) is 11.5 Å². The minimum absolute atomic E-state index is 0.405. The van der Waals surface area contributed by atoms with Gasteiger partial charge in [0.05, 0.1) is 22.6 Å². The SMILES string of the molecule is Clc1ccc2c(c1)CNCc1nnc([C@H]3CC[C@H](c4nsc5cccnc54)CC3)n1-2. The fraction of sp³-hybridized carbons (Fsp3) is 0.364. The molecule has 0 spiro atoms. The summed E-state index contributed by atoms with van der Waals surface area (Å²) in [6, 6.07) is 10.2. The van der Waals surface area contributed by atoms with Gasteiger partial charge < -0.3 is 5.32 Å². The molecule has 6 rings (SSSR count). The van der Waals surface area contributed by atoms with Gasteiger partial charge in [0.15, 0.2) is 5.82 Å². The highest BCUT2D eigenvalue weighted by molar-refractivity contribution is 7.13. The lowest BCUT2D eigenvalue weighted by atomic mass is 9.80. The summed E-state index contributed by atoms with van der Waals surface area (Å²) < 4.78 is 8.19. The molecule has 1 saturated carbocycles. The summed E-state index contributed by atoms with van der Waals surface area (Å²) in [5.41, 5.74) is 4.60. The topological polar surface area (TPSA) is 68.5 Å². The van der Waals surface area contributed by atoms with Crippen LogP contribution in [-0.2, 0) is 13.1 Å². The van der Waals surface area contributed by atoms with E-state index in [1.165, 1.54) is 16.0 Å². The zero-order valence-electron chi connectivity index (χ0n) is 16.4. The summed E-state index contributed by atoms with van der Waals surface area (Å²) in [7, 11) is 0. The van der Waals surface area contributed by atoms with Gasteiger partial charge in [-0.15, -0.1) is 10.2 Å². The molecule has 0 radical (unpaired) electrons. The molecule has 0 amide bonds. The van der Waals surface area contributed by atoms with Gasteiger partial charge in [-0.05, 0) is 73.1 Å². The molecular formula is C22H21ClN6S. The largest absolute Gasteiger partial charge is 0.306 e. The van der Waals surface area contributed by atoms with Gasteiger partial charge >= 0.3 is 0 Å². The monoisotopic (exact) mass is 436 g/mol. The van der Waals surface area contributed by atoms with Crippen LogP contribution in [0.4, 0.5) is 0 Å². The second-order valence-corrected chi connectivity index (χ2v) is 9.39. The van der Waals surface area contributed by atoms with Crippen molar-refractivity contribution in [3.63, 3.8) is 0 Å². The van der Waals surface area contributed by atoms with Crippen molar-refractivity contribution < 1.29 is 0 Å². The highest BCUT2D eigenvalue weighted by atomic mass is 35.5. The van der Waals surface area contributed by atoms with Crippen molar-refractivity contribution in [1.82, 2.24) is 29.4 Å². The number of hydrogen-bond donors (Lipinski definition) is 1. The van der Waals surface area contributed by atoms with Crippen LogP contribution in [0.5, 0.6) is 0 Å². The molecule has 1 aromatic carbocycles. The molecule has 4 aromatic rings. The smallest absolute Gasteiger partial charge is 0.151 e. The standard InChI is InChI=1S/C22H21ClN6S/c23-16-7-8-17-15(10-16)11-24-12-19-26-27-22(29(17)19)14-5-3-13(4-6-14)20-21-18(30-28-20)2-1-9-25-21/h1-2,7-10,13-14,24H,3-6,11-12H2/t13-,14-. The van der Waals surface area contributed by atoms with Gasteiger partial charge in [0.2, 0.25) is 0 Å². The number of benzene rings is 1. The Labute approximate surface area is 183 Å². The minimum Gasteiger partial charge on any atom is -0.306 e. The number of halogens is 1. The first-order chi connectivity index (χ1) is 14.8. The van der Waals surface area contributed by atoms with E-state index in [1.807, 2.05) is 24.4 Å². The molecule has 1 fully saturated rings. The molecule has 1 N–H and O–H groups in total. The fourth-order valence-electron chi connectivity index (χ4n) is 4.89. The normalized spacial score (nSPS) is 21.2. The average molecular weight is 437 g/mol. The first kappa shape index (κ1) is 18.4.